The predicted octanol–water partition coefficient (Wildman–Crippen LogP) is 2.63. The van der Waals surface area contributed by atoms with Gasteiger partial charge in [0.05, 0.1) is 11.9 Å². The summed E-state index contributed by atoms with van der Waals surface area (Å²) in [6.45, 7) is 8.73. The second-order valence-electron chi connectivity index (χ2n) is 6.76. The van der Waals surface area contributed by atoms with E-state index in [2.05, 4.69) is 10.4 Å². The number of hydrogen-bond donors (Lipinski definition) is 1. The van der Waals surface area contributed by atoms with E-state index in [1.807, 2.05) is 27.7 Å². The molecule has 1 atom stereocenters. The molecule has 0 bridgehead atoms. The van der Waals surface area contributed by atoms with E-state index in [1.165, 1.54) is 4.90 Å². The maximum atomic E-state index is 12.5. The number of amides is 2. The van der Waals surface area contributed by atoms with Gasteiger partial charge in [-0.2, -0.15) is 5.10 Å². The van der Waals surface area contributed by atoms with Gasteiger partial charge in [-0.15, -0.1) is 0 Å². The van der Waals surface area contributed by atoms with Crippen molar-refractivity contribution in [2.75, 3.05) is 11.9 Å². The normalized spacial score (nSPS) is 18.6. The highest BCUT2D eigenvalue weighted by atomic mass is 16.6. The number of aryl methyl sites for hydroxylation is 1. The zero-order chi connectivity index (χ0) is 17.0. The number of nitrogens with one attached hydrogen (secondary N) is 1. The van der Waals surface area contributed by atoms with Crippen LogP contribution in [0.5, 0.6) is 0 Å². The Bertz CT molecular complexity index is 562. The zero-order valence-corrected chi connectivity index (χ0v) is 14.3. The molecule has 0 spiro atoms. The van der Waals surface area contributed by atoms with Gasteiger partial charge in [-0.25, -0.2) is 4.79 Å². The van der Waals surface area contributed by atoms with Crippen molar-refractivity contribution in [3.8, 4) is 0 Å². The van der Waals surface area contributed by atoms with Crippen molar-refractivity contribution in [2.24, 2.45) is 0 Å². The van der Waals surface area contributed by atoms with Gasteiger partial charge in [0.25, 0.3) is 0 Å². The van der Waals surface area contributed by atoms with Gasteiger partial charge in [-0.1, -0.05) is 0 Å². The first-order chi connectivity index (χ1) is 10.8. The molecule has 0 aromatic carbocycles. The van der Waals surface area contributed by atoms with Crippen molar-refractivity contribution in [1.82, 2.24) is 14.7 Å². The fourth-order valence-electron chi connectivity index (χ4n) is 2.57. The summed E-state index contributed by atoms with van der Waals surface area (Å²) in [4.78, 5) is 26.4. The molecule has 7 heteroatoms. The summed E-state index contributed by atoms with van der Waals surface area (Å²) < 4.78 is 7.16. The van der Waals surface area contributed by atoms with E-state index in [1.54, 1.807) is 17.1 Å². The number of carbonyl (C=O) groups excluding carboxylic acids is 2. The quantitative estimate of drug-likeness (QED) is 0.928. The standard InChI is InChI=1S/C16H26N4O3/c1-5-19-11-12(10-17-19)18-14(21)13-8-6-7-9-20(13)15(22)23-16(2,3)4/h10-11,13H,5-9H2,1-4H3,(H,18,21)/t13-/m1/s1. The molecule has 2 rings (SSSR count). The van der Waals surface area contributed by atoms with E-state index < -0.39 is 17.7 Å². The Hall–Kier alpha value is -2.05. The second-order valence-corrected chi connectivity index (χ2v) is 6.76. The molecule has 128 valence electrons. The van der Waals surface area contributed by atoms with Gasteiger partial charge in [-0.05, 0) is 47.0 Å². The highest BCUT2D eigenvalue weighted by Crippen LogP contribution is 2.21. The number of anilines is 1. The van der Waals surface area contributed by atoms with Crippen molar-refractivity contribution < 1.29 is 14.3 Å². The Kier molecular flexibility index (Phi) is 5.28. The lowest BCUT2D eigenvalue weighted by atomic mass is 10.0. The summed E-state index contributed by atoms with van der Waals surface area (Å²) in [5.74, 6) is -0.189. The van der Waals surface area contributed by atoms with Crippen LogP contribution < -0.4 is 5.32 Å². The number of piperidine rings is 1. The molecule has 1 aliphatic rings. The fraction of sp³-hybridized carbons (Fsp3) is 0.688. The van der Waals surface area contributed by atoms with Crippen molar-refractivity contribution >= 4 is 17.7 Å². The average molecular weight is 322 g/mol. The van der Waals surface area contributed by atoms with E-state index in [0.717, 1.165) is 19.4 Å². The molecule has 0 aliphatic carbocycles. The minimum atomic E-state index is -0.572. The van der Waals surface area contributed by atoms with E-state index in [4.69, 9.17) is 4.74 Å². The molecule has 7 nitrogen and oxygen atoms in total. The first-order valence-corrected chi connectivity index (χ1v) is 8.13. The minimum absolute atomic E-state index is 0.189. The summed E-state index contributed by atoms with van der Waals surface area (Å²) in [5.41, 5.74) is 0.0734. The predicted molar refractivity (Wildman–Crippen MR) is 87.1 cm³/mol. The summed E-state index contributed by atoms with van der Waals surface area (Å²) in [7, 11) is 0. The smallest absolute Gasteiger partial charge is 0.410 e. The maximum Gasteiger partial charge on any atom is 0.410 e. The van der Waals surface area contributed by atoms with Crippen LogP contribution in [0, 0.1) is 0 Å². The van der Waals surface area contributed by atoms with Crippen LogP contribution in [0.4, 0.5) is 10.5 Å². The van der Waals surface area contributed by atoms with Crippen molar-refractivity contribution in [1.29, 1.82) is 0 Å². The Morgan fingerprint density at radius 2 is 2.13 bits per heavy atom. The largest absolute Gasteiger partial charge is 0.444 e. The fourth-order valence-corrected chi connectivity index (χ4v) is 2.57. The van der Waals surface area contributed by atoms with E-state index in [-0.39, 0.29) is 5.91 Å². The molecule has 1 fully saturated rings. The van der Waals surface area contributed by atoms with Crippen LogP contribution in [0.25, 0.3) is 0 Å². The lowest BCUT2D eigenvalue weighted by molar-refractivity contribution is -0.122. The molecular weight excluding hydrogens is 296 g/mol. The number of nitrogens with zero attached hydrogens (tertiary/aromatic N) is 3. The Labute approximate surface area is 137 Å². The molecule has 1 N–H and O–H groups in total. The Morgan fingerprint density at radius 1 is 1.39 bits per heavy atom. The lowest BCUT2D eigenvalue weighted by Gasteiger charge is -2.35. The first kappa shape index (κ1) is 17.3. The first-order valence-electron chi connectivity index (χ1n) is 8.13. The van der Waals surface area contributed by atoms with Crippen LogP contribution in [0.15, 0.2) is 12.4 Å². The topological polar surface area (TPSA) is 76.5 Å². The second kappa shape index (κ2) is 7.02. The average Bonchev–Trinajstić information content (AvgIpc) is 2.93. The molecule has 1 aromatic rings. The molecule has 2 amide bonds. The van der Waals surface area contributed by atoms with Gasteiger partial charge in [0.1, 0.15) is 11.6 Å². The molecule has 0 radical (unpaired) electrons. The van der Waals surface area contributed by atoms with Crippen molar-refractivity contribution in [2.45, 2.75) is 65.1 Å². The van der Waals surface area contributed by atoms with Crippen LogP contribution in [0.1, 0.15) is 47.0 Å². The van der Waals surface area contributed by atoms with Gasteiger partial charge in [0, 0.05) is 19.3 Å². The van der Waals surface area contributed by atoms with Crippen LogP contribution in [-0.2, 0) is 16.1 Å². The Morgan fingerprint density at radius 3 is 2.74 bits per heavy atom. The summed E-state index contributed by atoms with van der Waals surface area (Å²) in [5, 5.41) is 6.97. The third-order valence-corrected chi connectivity index (χ3v) is 3.66. The molecule has 1 aliphatic heterocycles. The van der Waals surface area contributed by atoms with Gasteiger partial charge in [-0.3, -0.25) is 14.4 Å². The SMILES string of the molecule is CCn1cc(NC(=O)[C@H]2CCCCN2C(=O)OC(C)(C)C)cn1. The highest BCUT2D eigenvalue weighted by molar-refractivity contribution is 5.96. The van der Waals surface area contributed by atoms with Gasteiger partial charge < -0.3 is 10.1 Å². The number of rotatable bonds is 3. The van der Waals surface area contributed by atoms with Crippen molar-refractivity contribution in [3.05, 3.63) is 12.4 Å². The maximum absolute atomic E-state index is 12.5. The van der Waals surface area contributed by atoms with E-state index >= 15 is 0 Å². The Balaban J connectivity index is 2.04. The molecule has 1 aromatic heterocycles. The molecule has 2 heterocycles. The van der Waals surface area contributed by atoms with Crippen LogP contribution >= 0.6 is 0 Å². The summed E-state index contributed by atoms with van der Waals surface area (Å²) >= 11 is 0. The van der Waals surface area contributed by atoms with Crippen LogP contribution in [0.2, 0.25) is 0 Å². The molecule has 1 saturated heterocycles. The zero-order valence-electron chi connectivity index (χ0n) is 14.3. The van der Waals surface area contributed by atoms with Crippen LogP contribution in [-0.4, -0.2) is 44.9 Å². The van der Waals surface area contributed by atoms with Gasteiger partial charge in [0.15, 0.2) is 0 Å². The third kappa shape index (κ3) is 4.71. The molecule has 0 saturated carbocycles. The highest BCUT2D eigenvalue weighted by Gasteiger charge is 2.34. The lowest BCUT2D eigenvalue weighted by Crippen LogP contribution is -2.51. The van der Waals surface area contributed by atoms with Gasteiger partial charge in [0.2, 0.25) is 5.91 Å². The van der Waals surface area contributed by atoms with Crippen LogP contribution in [0.3, 0.4) is 0 Å². The number of ether oxygens (including phenoxy) is 1. The summed E-state index contributed by atoms with van der Waals surface area (Å²) in [6, 6.07) is -0.497. The number of hydrogen-bond acceptors (Lipinski definition) is 4. The number of aromatic nitrogens is 2. The van der Waals surface area contributed by atoms with E-state index in [9.17, 15) is 9.59 Å². The third-order valence-electron chi connectivity index (χ3n) is 3.66. The molecule has 23 heavy (non-hydrogen) atoms. The van der Waals surface area contributed by atoms with Gasteiger partial charge >= 0.3 is 6.09 Å². The minimum Gasteiger partial charge on any atom is -0.444 e. The molecule has 0 unspecified atom stereocenters. The monoisotopic (exact) mass is 322 g/mol. The van der Waals surface area contributed by atoms with E-state index in [0.29, 0.717) is 18.7 Å². The number of carbonyl (C=O) groups is 2. The number of likely N-dealkylation sites (tertiary alicyclic amines) is 1. The van der Waals surface area contributed by atoms with Crippen molar-refractivity contribution in [3.63, 3.8) is 0 Å². The molecular formula is C16H26N4O3. The summed E-state index contributed by atoms with van der Waals surface area (Å²) in [6.07, 6.45) is 5.41.